The summed E-state index contributed by atoms with van der Waals surface area (Å²) in [5.74, 6) is -0.0797. The van der Waals surface area contributed by atoms with Gasteiger partial charge in [-0.05, 0) is 72.1 Å². The second-order valence-corrected chi connectivity index (χ2v) is 8.68. The van der Waals surface area contributed by atoms with Crippen molar-refractivity contribution in [3.05, 3.63) is 101 Å². The summed E-state index contributed by atoms with van der Waals surface area (Å²) in [6.45, 7) is 4.55. The highest BCUT2D eigenvalue weighted by molar-refractivity contribution is 7.22. The lowest BCUT2D eigenvalue weighted by Crippen LogP contribution is -2.30. The third-order valence-corrected chi connectivity index (χ3v) is 6.55. The molecule has 0 aliphatic rings. The van der Waals surface area contributed by atoms with E-state index in [0.717, 1.165) is 26.7 Å². The van der Waals surface area contributed by atoms with Crippen LogP contribution in [0.1, 0.15) is 27.2 Å². The minimum atomic E-state index is -0.0797. The number of rotatable bonds is 4. The van der Waals surface area contributed by atoms with E-state index in [9.17, 15) is 4.79 Å². The largest absolute Gasteiger partial charge is 0.278 e. The maximum atomic E-state index is 13.7. The van der Waals surface area contributed by atoms with E-state index in [-0.39, 0.29) is 5.91 Å². The van der Waals surface area contributed by atoms with Crippen LogP contribution < -0.4 is 4.90 Å². The third kappa shape index (κ3) is 3.80. The van der Waals surface area contributed by atoms with Crippen LogP contribution in [0, 0.1) is 13.8 Å². The van der Waals surface area contributed by atoms with Crippen LogP contribution in [0.4, 0.5) is 5.13 Å². The molecule has 0 N–H and O–H groups in total. The van der Waals surface area contributed by atoms with E-state index < -0.39 is 0 Å². The standard InChI is InChI=1S/C26H21N3OS/c1-17-13-23-24(14-18(17)2)31-26(28-23)29(16-22-9-5-6-12-27-22)25(30)21-11-10-19-7-3-4-8-20(19)15-21/h3-15H,16H2,1-2H3. The van der Waals surface area contributed by atoms with E-state index in [1.165, 1.54) is 11.1 Å². The van der Waals surface area contributed by atoms with Gasteiger partial charge in [0, 0.05) is 11.8 Å². The molecule has 0 unspecified atom stereocenters. The van der Waals surface area contributed by atoms with Gasteiger partial charge in [0.15, 0.2) is 5.13 Å². The molecule has 152 valence electrons. The molecule has 2 heterocycles. The molecule has 3 aromatic carbocycles. The first kappa shape index (κ1) is 19.4. The van der Waals surface area contributed by atoms with Crippen molar-refractivity contribution in [1.82, 2.24) is 9.97 Å². The van der Waals surface area contributed by atoms with E-state index in [1.807, 2.05) is 60.7 Å². The Morgan fingerprint density at radius 2 is 1.68 bits per heavy atom. The van der Waals surface area contributed by atoms with Crippen molar-refractivity contribution < 1.29 is 4.79 Å². The van der Waals surface area contributed by atoms with Gasteiger partial charge < -0.3 is 0 Å². The summed E-state index contributed by atoms with van der Waals surface area (Å²) < 4.78 is 1.08. The zero-order valence-corrected chi connectivity index (χ0v) is 18.2. The number of carbonyl (C=O) groups is 1. The van der Waals surface area contributed by atoms with Crippen LogP contribution in [0.15, 0.2) is 79.0 Å². The third-order valence-electron chi connectivity index (χ3n) is 5.51. The van der Waals surface area contributed by atoms with Crippen molar-refractivity contribution >= 4 is 43.4 Å². The van der Waals surface area contributed by atoms with Crippen LogP contribution in [0.2, 0.25) is 0 Å². The molecule has 0 atom stereocenters. The SMILES string of the molecule is Cc1cc2nc(N(Cc3ccccn3)C(=O)c3ccc4ccccc4c3)sc2cc1C. The number of aromatic nitrogens is 2. The van der Waals surface area contributed by atoms with Gasteiger partial charge in [0.05, 0.1) is 22.5 Å². The molecule has 0 fully saturated rings. The van der Waals surface area contributed by atoms with Gasteiger partial charge in [-0.15, -0.1) is 0 Å². The van der Waals surface area contributed by atoms with Crippen molar-refractivity contribution in [2.45, 2.75) is 20.4 Å². The Kier molecular flexibility index (Phi) is 4.96. The highest BCUT2D eigenvalue weighted by Gasteiger charge is 2.22. The number of hydrogen-bond acceptors (Lipinski definition) is 4. The van der Waals surface area contributed by atoms with Crippen LogP contribution in [0.3, 0.4) is 0 Å². The molecule has 0 aliphatic heterocycles. The van der Waals surface area contributed by atoms with E-state index in [4.69, 9.17) is 4.98 Å². The molecule has 0 aliphatic carbocycles. The highest BCUT2D eigenvalue weighted by atomic mass is 32.1. The first-order valence-electron chi connectivity index (χ1n) is 10.2. The minimum absolute atomic E-state index is 0.0797. The molecule has 0 saturated heterocycles. The number of pyridine rings is 1. The van der Waals surface area contributed by atoms with Gasteiger partial charge >= 0.3 is 0 Å². The second kappa shape index (κ2) is 7.93. The van der Waals surface area contributed by atoms with Crippen molar-refractivity contribution in [3.8, 4) is 0 Å². The van der Waals surface area contributed by atoms with Crippen LogP contribution in [0.25, 0.3) is 21.0 Å². The molecule has 0 saturated carbocycles. The van der Waals surface area contributed by atoms with Crippen molar-refractivity contribution in [3.63, 3.8) is 0 Å². The number of thiazole rings is 1. The van der Waals surface area contributed by atoms with Gasteiger partial charge in [-0.25, -0.2) is 4.98 Å². The first-order valence-corrected chi connectivity index (χ1v) is 11.0. The number of hydrogen-bond donors (Lipinski definition) is 0. The van der Waals surface area contributed by atoms with Crippen molar-refractivity contribution in [1.29, 1.82) is 0 Å². The van der Waals surface area contributed by atoms with Crippen LogP contribution >= 0.6 is 11.3 Å². The zero-order chi connectivity index (χ0) is 21.4. The molecule has 31 heavy (non-hydrogen) atoms. The molecule has 0 radical (unpaired) electrons. The molecule has 0 bridgehead atoms. The Morgan fingerprint density at radius 3 is 2.48 bits per heavy atom. The molecule has 2 aromatic heterocycles. The number of carbonyl (C=O) groups excluding carboxylic acids is 1. The predicted molar refractivity (Wildman–Crippen MR) is 128 cm³/mol. The Balaban J connectivity index is 1.60. The smallest absolute Gasteiger partial charge is 0.260 e. The summed E-state index contributed by atoms with van der Waals surface area (Å²) in [7, 11) is 0. The Labute approximate surface area is 184 Å². The lowest BCUT2D eigenvalue weighted by Gasteiger charge is -2.20. The predicted octanol–water partition coefficient (Wildman–Crippen LogP) is 6.31. The molecule has 4 nitrogen and oxygen atoms in total. The lowest BCUT2D eigenvalue weighted by molar-refractivity contribution is 0.0985. The van der Waals surface area contributed by atoms with Crippen molar-refractivity contribution in [2.75, 3.05) is 4.90 Å². The Hall–Kier alpha value is -3.57. The summed E-state index contributed by atoms with van der Waals surface area (Å²) in [6, 6.07) is 23.9. The molecule has 1 amide bonds. The van der Waals surface area contributed by atoms with E-state index in [0.29, 0.717) is 17.2 Å². The number of anilines is 1. The molecular weight excluding hydrogens is 402 g/mol. The normalized spacial score (nSPS) is 11.2. The average molecular weight is 424 g/mol. The van der Waals surface area contributed by atoms with E-state index in [1.54, 1.807) is 22.4 Å². The maximum Gasteiger partial charge on any atom is 0.260 e. The number of nitrogens with zero attached hydrogens (tertiary/aromatic N) is 3. The fourth-order valence-electron chi connectivity index (χ4n) is 3.64. The fraction of sp³-hybridized carbons (Fsp3) is 0.115. The summed E-state index contributed by atoms with van der Waals surface area (Å²) in [5, 5.41) is 2.84. The number of amides is 1. The molecular formula is C26H21N3OS. The summed E-state index contributed by atoms with van der Waals surface area (Å²) in [6.07, 6.45) is 1.75. The fourth-order valence-corrected chi connectivity index (χ4v) is 4.68. The van der Waals surface area contributed by atoms with Gasteiger partial charge in [-0.3, -0.25) is 14.7 Å². The molecule has 5 rings (SSSR count). The van der Waals surface area contributed by atoms with Gasteiger partial charge in [0.2, 0.25) is 0 Å². The van der Waals surface area contributed by atoms with Gasteiger partial charge in [0.25, 0.3) is 5.91 Å². The van der Waals surface area contributed by atoms with Crippen LogP contribution in [-0.4, -0.2) is 15.9 Å². The highest BCUT2D eigenvalue weighted by Crippen LogP contribution is 2.32. The van der Waals surface area contributed by atoms with Gasteiger partial charge in [-0.1, -0.05) is 47.7 Å². The van der Waals surface area contributed by atoms with Gasteiger partial charge in [0.1, 0.15) is 0 Å². The number of benzene rings is 3. The monoisotopic (exact) mass is 423 g/mol. The molecule has 5 heteroatoms. The quantitative estimate of drug-likeness (QED) is 0.340. The Morgan fingerprint density at radius 1 is 0.903 bits per heavy atom. The van der Waals surface area contributed by atoms with E-state index >= 15 is 0 Å². The summed E-state index contributed by atoms with van der Waals surface area (Å²) in [4.78, 5) is 24.7. The van der Waals surface area contributed by atoms with E-state index in [2.05, 4.69) is 31.0 Å². The number of aryl methyl sites for hydroxylation is 2. The first-order chi connectivity index (χ1) is 15.1. The molecule has 0 spiro atoms. The van der Waals surface area contributed by atoms with Crippen LogP contribution in [0.5, 0.6) is 0 Å². The average Bonchev–Trinajstić information content (AvgIpc) is 3.20. The van der Waals surface area contributed by atoms with Gasteiger partial charge in [-0.2, -0.15) is 0 Å². The van der Waals surface area contributed by atoms with Crippen molar-refractivity contribution in [2.24, 2.45) is 0 Å². The summed E-state index contributed by atoms with van der Waals surface area (Å²) in [5.41, 5.74) is 4.80. The van der Waals surface area contributed by atoms with Crippen LogP contribution in [-0.2, 0) is 6.54 Å². The number of fused-ring (bicyclic) bond motifs is 2. The summed E-state index contributed by atoms with van der Waals surface area (Å²) >= 11 is 1.54. The zero-order valence-electron chi connectivity index (χ0n) is 17.4. The lowest BCUT2D eigenvalue weighted by atomic mass is 10.1. The minimum Gasteiger partial charge on any atom is -0.278 e. The topological polar surface area (TPSA) is 46.1 Å². The Bertz CT molecular complexity index is 1370. The molecule has 5 aromatic rings. The second-order valence-electron chi connectivity index (χ2n) is 7.67. The maximum absolute atomic E-state index is 13.7.